The smallest absolute Gasteiger partial charge is 0.139 e. The van der Waals surface area contributed by atoms with Gasteiger partial charge in [0.05, 0.1) is 16.4 Å². The Kier molecular flexibility index (Phi) is 2.99. The molecule has 0 aliphatic heterocycles. The average Bonchev–Trinajstić information content (AvgIpc) is 2.68. The van der Waals surface area contributed by atoms with Gasteiger partial charge < -0.3 is 4.74 Å². The van der Waals surface area contributed by atoms with E-state index in [0.29, 0.717) is 11.8 Å². The summed E-state index contributed by atoms with van der Waals surface area (Å²) in [7, 11) is 1.63. The number of pyridine rings is 1. The molecule has 0 atom stereocenters. The second-order valence-corrected chi connectivity index (χ2v) is 3.43. The molecule has 0 aliphatic rings. The van der Waals surface area contributed by atoms with Crippen LogP contribution in [0.3, 0.4) is 0 Å². The molecule has 2 heterocycles. The van der Waals surface area contributed by atoms with E-state index in [-0.39, 0.29) is 0 Å². The van der Waals surface area contributed by atoms with Crippen LogP contribution in [0.4, 0.5) is 0 Å². The lowest BCUT2D eigenvalue weighted by molar-refractivity contribution is 0.122. The highest BCUT2D eigenvalue weighted by Crippen LogP contribution is 2.17. The van der Waals surface area contributed by atoms with Crippen molar-refractivity contribution in [1.82, 2.24) is 14.8 Å². The van der Waals surface area contributed by atoms with Gasteiger partial charge in [-0.15, -0.1) is 0 Å². The van der Waals surface area contributed by atoms with Gasteiger partial charge in [0, 0.05) is 19.5 Å². The fourth-order valence-corrected chi connectivity index (χ4v) is 1.41. The quantitative estimate of drug-likeness (QED) is 0.801. The van der Waals surface area contributed by atoms with Gasteiger partial charge in [0.25, 0.3) is 0 Å². The van der Waals surface area contributed by atoms with Crippen LogP contribution in [-0.2, 0) is 11.5 Å². The molecule has 0 radical (unpaired) electrons. The SMILES string of the molecule is COCn1nccc1-c1ccc(Cl)cn1. The number of hydrogen-bond donors (Lipinski definition) is 0. The molecule has 0 fully saturated rings. The van der Waals surface area contributed by atoms with Gasteiger partial charge in [-0.3, -0.25) is 4.98 Å². The predicted molar refractivity (Wildman–Crippen MR) is 57.5 cm³/mol. The molecule has 0 N–H and O–H groups in total. The van der Waals surface area contributed by atoms with Crippen molar-refractivity contribution in [2.24, 2.45) is 0 Å². The van der Waals surface area contributed by atoms with Crippen LogP contribution < -0.4 is 0 Å². The van der Waals surface area contributed by atoms with E-state index in [4.69, 9.17) is 16.3 Å². The number of aromatic nitrogens is 3. The molecule has 5 heteroatoms. The normalized spacial score (nSPS) is 10.5. The van der Waals surface area contributed by atoms with E-state index in [2.05, 4.69) is 10.1 Å². The first-order valence-corrected chi connectivity index (χ1v) is 4.82. The van der Waals surface area contributed by atoms with E-state index in [9.17, 15) is 0 Å². The molecule has 0 saturated carbocycles. The molecule has 4 nitrogen and oxygen atoms in total. The Morgan fingerprint density at radius 1 is 1.40 bits per heavy atom. The standard InChI is InChI=1S/C10H10ClN3O/c1-15-7-14-10(4-5-13-14)9-3-2-8(11)6-12-9/h2-6H,7H2,1H3. The van der Waals surface area contributed by atoms with Crippen LogP contribution in [0.15, 0.2) is 30.6 Å². The lowest BCUT2D eigenvalue weighted by Crippen LogP contribution is -2.04. The zero-order valence-corrected chi connectivity index (χ0v) is 8.98. The van der Waals surface area contributed by atoms with Gasteiger partial charge in [-0.2, -0.15) is 5.10 Å². The Bertz CT molecular complexity index is 438. The molecule has 0 bridgehead atoms. The van der Waals surface area contributed by atoms with Gasteiger partial charge in [0.2, 0.25) is 0 Å². The number of ether oxygens (including phenoxy) is 1. The highest BCUT2D eigenvalue weighted by Gasteiger charge is 2.05. The zero-order valence-electron chi connectivity index (χ0n) is 8.22. The first kappa shape index (κ1) is 10.1. The largest absolute Gasteiger partial charge is 0.362 e. The summed E-state index contributed by atoms with van der Waals surface area (Å²) in [6, 6.07) is 5.54. The molecule has 0 aromatic carbocycles. The second-order valence-electron chi connectivity index (χ2n) is 3.00. The molecule has 2 rings (SSSR count). The summed E-state index contributed by atoms with van der Waals surface area (Å²) < 4.78 is 6.75. The minimum atomic E-state index is 0.409. The van der Waals surface area contributed by atoms with Crippen molar-refractivity contribution >= 4 is 11.6 Å². The van der Waals surface area contributed by atoms with Crippen LogP contribution in [-0.4, -0.2) is 21.9 Å². The van der Waals surface area contributed by atoms with Crippen molar-refractivity contribution in [3.63, 3.8) is 0 Å². The Morgan fingerprint density at radius 3 is 2.93 bits per heavy atom. The molecule has 0 unspecified atom stereocenters. The van der Waals surface area contributed by atoms with E-state index < -0.39 is 0 Å². The summed E-state index contributed by atoms with van der Waals surface area (Å²) in [5.74, 6) is 0. The molecular formula is C10H10ClN3O. The van der Waals surface area contributed by atoms with Crippen LogP contribution in [0.5, 0.6) is 0 Å². The minimum Gasteiger partial charge on any atom is -0.362 e. The van der Waals surface area contributed by atoms with Crippen LogP contribution in [0.25, 0.3) is 11.4 Å². The monoisotopic (exact) mass is 223 g/mol. The summed E-state index contributed by atoms with van der Waals surface area (Å²) in [4.78, 5) is 4.22. The highest BCUT2D eigenvalue weighted by atomic mass is 35.5. The maximum absolute atomic E-state index is 5.76. The fourth-order valence-electron chi connectivity index (χ4n) is 1.30. The van der Waals surface area contributed by atoms with Gasteiger partial charge in [-0.1, -0.05) is 11.6 Å². The first-order chi connectivity index (χ1) is 7.31. The van der Waals surface area contributed by atoms with E-state index in [1.54, 1.807) is 30.3 Å². The van der Waals surface area contributed by atoms with E-state index in [1.807, 2.05) is 12.1 Å². The number of nitrogens with zero attached hydrogens (tertiary/aromatic N) is 3. The van der Waals surface area contributed by atoms with Crippen molar-refractivity contribution in [3.8, 4) is 11.4 Å². The molecule has 0 spiro atoms. The number of rotatable bonds is 3. The Balaban J connectivity index is 2.36. The zero-order chi connectivity index (χ0) is 10.7. The summed E-state index contributed by atoms with van der Waals surface area (Å²) in [5.41, 5.74) is 1.74. The van der Waals surface area contributed by atoms with Crippen LogP contribution in [0, 0.1) is 0 Å². The maximum atomic E-state index is 5.76. The molecule has 0 saturated heterocycles. The topological polar surface area (TPSA) is 39.9 Å². The van der Waals surface area contributed by atoms with E-state index >= 15 is 0 Å². The Morgan fingerprint density at radius 2 is 2.27 bits per heavy atom. The molecule has 78 valence electrons. The van der Waals surface area contributed by atoms with Crippen molar-refractivity contribution in [1.29, 1.82) is 0 Å². The highest BCUT2D eigenvalue weighted by molar-refractivity contribution is 6.30. The van der Waals surface area contributed by atoms with Crippen molar-refractivity contribution in [2.45, 2.75) is 6.73 Å². The summed E-state index contributed by atoms with van der Waals surface area (Å²) in [6.45, 7) is 0.409. The van der Waals surface area contributed by atoms with E-state index in [1.165, 1.54) is 0 Å². The fraction of sp³-hybridized carbons (Fsp3) is 0.200. The molecule has 2 aromatic heterocycles. The van der Waals surface area contributed by atoms with Gasteiger partial charge in [-0.25, -0.2) is 4.68 Å². The lowest BCUT2D eigenvalue weighted by Gasteiger charge is -2.05. The molecule has 0 aliphatic carbocycles. The third-order valence-corrected chi connectivity index (χ3v) is 2.18. The minimum absolute atomic E-state index is 0.409. The Hall–Kier alpha value is -1.39. The number of hydrogen-bond acceptors (Lipinski definition) is 3. The van der Waals surface area contributed by atoms with Gasteiger partial charge >= 0.3 is 0 Å². The Labute approximate surface area is 92.5 Å². The third-order valence-electron chi connectivity index (χ3n) is 1.96. The predicted octanol–water partition coefficient (Wildman–Crippen LogP) is 2.20. The number of halogens is 1. The molecule has 2 aromatic rings. The summed E-state index contributed by atoms with van der Waals surface area (Å²) in [6.07, 6.45) is 3.33. The van der Waals surface area contributed by atoms with Gasteiger partial charge in [-0.05, 0) is 18.2 Å². The summed E-state index contributed by atoms with van der Waals surface area (Å²) in [5, 5.41) is 4.75. The van der Waals surface area contributed by atoms with Crippen molar-refractivity contribution < 1.29 is 4.74 Å². The van der Waals surface area contributed by atoms with Gasteiger partial charge in [0.1, 0.15) is 6.73 Å². The van der Waals surface area contributed by atoms with Crippen LogP contribution in [0.2, 0.25) is 5.02 Å². The van der Waals surface area contributed by atoms with E-state index in [0.717, 1.165) is 11.4 Å². The van der Waals surface area contributed by atoms with Crippen molar-refractivity contribution in [2.75, 3.05) is 7.11 Å². The molecular weight excluding hydrogens is 214 g/mol. The second kappa shape index (κ2) is 4.42. The third kappa shape index (κ3) is 2.16. The van der Waals surface area contributed by atoms with Gasteiger partial charge in [0.15, 0.2) is 0 Å². The molecule has 15 heavy (non-hydrogen) atoms. The average molecular weight is 224 g/mol. The van der Waals surface area contributed by atoms with Crippen LogP contribution >= 0.6 is 11.6 Å². The maximum Gasteiger partial charge on any atom is 0.139 e. The van der Waals surface area contributed by atoms with Crippen molar-refractivity contribution in [3.05, 3.63) is 35.6 Å². The lowest BCUT2D eigenvalue weighted by atomic mass is 10.3. The summed E-state index contributed by atoms with van der Waals surface area (Å²) >= 11 is 5.76. The number of methoxy groups -OCH3 is 1. The van der Waals surface area contributed by atoms with Crippen LogP contribution in [0.1, 0.15) is 0 Å². The first-order valence-electron chi connectivity index (χ1n) is 4.44. The molecule has 0 amide bonds.